The smallest absolute Gasteiger partial charge is 0.311 e. The summed E-state index contributed by atoms with van der Waals surface area (Å²) in [6.45, 7) is 3.95. The van der Waals surface area contributed by atoms with E-state index in [-0.39, 0.29) is 25.9 Å². The fourth-order valence-corrected chi connectivity index (χ4v) is 4.02. The molecule has 0 spiro atoms. The molecule has 0 aromatic heterocycles. The van der Waals surface area contributed by atoms with Gasteiger partial charge >= 0.3 is 23.9 Å². The molecule has 1 N–H and O–H groups in total. The standard InChI is InChI=1S/C26H30F5NO11/c1-11(33)32-22-25(41-14(4)36)23(40-13(3)35)15(10-39-12(2)34)42-26(22)38-9-7-5-6-8-16(37)43-24-20(30)18(28)17(27)19(29)21(24)31/h15,22-23,25-26H,5-10H2,1-4H3,(H,32,33)/t15?,22?,23-,25+,26+/m0/s1. The quantitative estimate of drug-likeness (QED) is 0.0653. The van der Waals surface area contributed by atoms with Crippen molar-refractivity contribution in [1.82, 2.24) is 5.32 Å². The second kappa shape index (κ2) is 16.1. The van der Waals surface area contributed by atoms with Gasteiger partial charge in [0, 0.05) is 40.7 Å². The fraction of sp³-hybridized carbons (Fsp3) is 0.577. The van der Waals surface area contributed by atoms with Crippen LogP contribution in [0.2, 0.25) is 0 Å². The summed E-state index contributed by atoms with van der Waals surface area (Å²) in [6.07, 6.45) is -5.03. The van der Waals surface area contributed by atoms with Gasteiger partial charge in [-0.3, -0.25) is 24.0 Å². The molecule has 2 rings (SSSR count). The van der Waals surface area contributed by atoms with Crippen LogP contribution in [0.4, 0.5) is 22.0 Å². The van der Waals surface area contributed by atoms with Crippen molar-refractivity contribution in [2.75, 3.05) is 13.2 Å². The third-order valence-corrected chi connectivity index (χ3v) is 5.76. The first-order valence-electron chi connectivity index (χ1n) is 12.9. The van der Waals surface area contributed by atoms with Crippen LogP contribution in [-0.4, -0.2) is 73.6 Å². The number of carbonyl (C=O) groups is 5. The largest absolute Gasteiger partial charge is 0.463 e. The van der Waals surface area contributed by atoms with E-state index in [2.05, 4.69) is 10.1 Å². The SMILES string of the molecule is CC(=O)NC1[C@H](OCCCCCC(=O)Oc2c(F)c(F)c(F)c(F)c2F)OC(COC(C)=O)[C@H](OC(C)=O)[C@@H]1OC(C)=O. The molecule has 1 fully saturated rings. The van der Waals surface area contributed by atoms with Crippen molar-refractivity contribution in [3.63, 3.8) is 0 Å². The zero-order valence-corrected chi connectivity index (χ0v) is 23.5. The second-order valence-electron chi connectivity index (χ2n) is 9.27. The van der Waals surface area contributed by atoms with Crippen molar-refractivity contribution in [1.29, 1.82) is 0 Å². The van der Waals surface area contributed by atoms with Crippen molar-refractivity contribution in [3.8, 4) is 5.75 Å². The maximum absolute atomic E-state index is 13.7. The van der Waals surface area contributed by atoms with Gasteiger partial charge in [0.15, 0.2) is 18.5 Å². The lowest BCUT2D eigenvalue weighted by atomic mass is 9.96. The molecule has 1 aliphatic heterocycles. The Labute approximate surface area is 242 Å². The topological polar surface area (TPSA) is 153 Å². The van der Waals surface area contributed by atoms with E-state index in [1.54, 1.807) is 0 Å². The van der Waals surface area contributed by atoms with Crippen LogP contribution in [0, 0.1) is 29.1 Å². The molecule has 12 nitrogen and oxygen atoms in total. The van der Waals surface area contributed by atoms with Crippen molar-refractivity contribution >= 4 is 29.8 Å². The number of ether oxygens (including phenoxy) is 6. The molecule has 0 saturated carbocycles. The highest BCUT2D eigenvalue weighted by molar-refractivity contribution is 5.74. The summed E-state index contributed by atoms with van der Waals surface area (Å²) in [5.74, 6) is -17.3. The van der Waals surface area contributed by atoms with Crippen molar-refractivity contribution in [2.24, 2.45) is 0 Å². The van der Waals surface area contributed by atoms with E-state index in [9.17, 15) is 45.9 Å². The van der Waals surface area contributed by atoms with Crippen LogP contribution in [0.3, 0.4) is 0 Å². The van der Waals surface area contributed by atoms with Crippen LogP contribution in [-0.2, 0) is 47.7 Å². The molecule has 0 aliphatic carbocycles. The number of esters is 4. The molecule has 0 radical (unpaired) electrons. The van der Waals surface area contributed by atoms with Crippen LogP contribution in [0.1, 0.15) is 53.4 Å². The number of halogens is 5. The number of carbonyl (C=O) groups excluding carboxylic acids is 5. The van der Waals surface area contributed by atoms with Gasteiger partial charge in [0.2, 0.25) is 40.7 Å². The minimum atomic E-state index is -2.39. The van der Waals surface area contributed by atoms with Gasteiger partial charge in [0.05, 0.1) is 0 Å². The Kier molecular flexibility index (Phi) is 13.2. The molecule has 0 bridgehead atoms. The average Bonchev–Trinajstić information content (AvgIpc) is 2.91. The number of hydrogen-bond acceptors (Lipinski definition) is 11. The highest BCUT2D eigenvalue weighted by Crippen LogP contribution is 2.30. The molecular weight excluding hydrogens is 597 g/mol. The summed E-state index contributed by atoms with van der Waals surface area (Å²) in [4.78, 5) is 58.9. The maximum atomic E-state index is 13.7. The maximum Gasteiger partial charge on any atom is 0.311 e. The van der Waals surface area contributed by atoms with Gasteiger partial charge in [-0.15, -0.1) is 0 Å². The van der Waals surface area contributed by atoms with E-state index in [1.807, 2.05) is 0 Å². The van der Waals surface area contributed by atoms with E-state index >= 15 is 0 Å². The lowest BCUT2D eigenvalue weighted by Gasteiger charge is -2.44. The molecule has 1 aliphatic rings. The first-order valence-corrected chi connectivity index (χ1v) is 12.9. The Hall–Kier alpha value is -3.86. The molecule has 5 atom stereocenters. The summed E-state index contributed by atoms with van der Waals surface area (Å²) in [6, 6.07) is -1.18. The number of hydrogen-bond donors (Lipinski definition) is 1. The lowest BCUT2D eigenvalue weighted by molar-refractivity contribution is -0.277. The molecule has 240 valence electrons. The summed E-state index contributed by atoms with van der Waals surface area (Å²) in [7, 11) is 0. The highest BCUT2D eigenvalue weighted by atomic mass is 19.2. The van der Waals surface area contributed by atoms with Gasteiger partial charge in [0.1, 0.15) is 18.8 Å². The molecule has 1 aromatic rings. The average molecular weight is 628 g/mol. The Balaban J connectivity index is 2.03. The monoisotopic (exact) mass is 627 g/mol. The van der Waals surface area contributed by atoms with E-state index in [0.717, 1.165) is 20.8 Å². The van der Waals surface area contributed by atoms with E-state index in [4.69, 9.17) is 23.7 Å². The summed E-state index contributed by atoms with van der Waals surface area (Å²) < 4.78 is 98.6. The zero-order valence-electron chi connectivity index (χ0n) is 23.5. The van der Waals surface area contributed by atoms with Crippen LogP contribution < -0.4 is 10.1 Å². The molecule has 2 unspecified atom stereocenters. The third-order valence-electron chi connectivity index (χ3n) is 5.76. The van der Waals surface area contributed by atoms with E-state index in [1.165, 1.54) is 6.92 Å². The predicted molar refractivity (Wildman–Crippen MR) is 130 cm³/mol. The first kappa shape index (κ1) is 35.3. The minimum Gasteiger partial charge on any atom is -0.463 e. The van der Waals surface area contributed by atoms with Crippen molar-refractivity contribution in [2.45, 2.75) is 84.0 Å². The Morgan fingerprint density at radius 3 is 1.84 bits per heavy atom. The van der Waals surface area contributed by atoms with E-state index in [0.29, 0.717) is 0 Å². The van der Waals surface area contributed by atoms with Crippen molar-refractivity contribution in [3.05, 3.63) is 29.1 Å². The van der Waals surface area contributed by atoms with Gasteiger partial charge in [-0.25, -0.2) is 13.2 Å². The summed E-state index contributed by atoms with van der Waals surface area (Å²) in [5.41, 5.74) is 0. The Morgan fingerprint density at radius 2 is 1.30 bits per heavy atom. The highest BCUT2D eigenvalue weighted by Gasteiger charge is 2.51. The molecular formula is C26H30F5NO11. The van der Waals surface area contributed by atoms with Gasteiger partial charge in [-0.2, -0.15) is 8.78 Å². The van der Waals surface area contributed by atoms with Gasteiger partial charge in [0.25, 0.3) is 0 Å². The van der Waals surface area contributed by atoms with Crippen LogP contribution in [0.25, 0.3) is 0 Å². The molecule has 1 amide bonds. The molecule has 1 heterocycles. The molecule has 1 aromatic carbocycles. The Bertz CT molecular complexity index is 1190. The van der Waals surface area contributed by atoms with Crippen LogP contribution >= 0.6 is 0 Å². The first-order chi connectivity index (χ1) is 20.1. The predicted octanol–water partition coefficient (Wildman–Crippen LogP) is 2.52. The molecule has 1 saturated heterocycles. The number of unbranched alkanes of at least 4 members (excludes halogenated alkanes) is 2. The van der Waals surface area contributed by atoms with E-state index < -0.39 is 108 Å². The van der Waals surface area contributed by atoms with Crippen LogP contribution in [0.5, 0.6) is 5.75 Å². The van der Waals surface area contributed by atoms with Gasteiger partial charge < -0.3 is 33.7 Å². The number of rotatable bonds is 13. The third kappa shape index (κ3) is 10.1. The summed E-state index contributed by atoms with van der Waals surface area (Å²) in [5, 5.41) is 2.52. The number of nitrogens with one attached hydrogen (secondary N) is 1. The zero-order chi connectivity index (χ0) is 32.4. The molecule has 43 heavy (non-hydrogen) atoms. The number of amides is 1. The minimum absolute atomic E-state index is 0.0535. The molecule has 17 heteroatoms. The fourth-order valence-electron chi connectivity index (χ4n) is 4.02. The lowest BCUT2D eigenvalue weighted by Crippen LogP contribution is -2.66. The van der Waals surface area contributed by atoms with Crippen molar-refractivity contribution < 1.29 is 74.3 Å². The van der Waals surface area contributed by atoms with Gasteiger partial charge in [-0.05, 0) is 12.8 Å². The van der Waals surface area contributed by atoms with Crippen LogP contribution in [0.15, 0.2) is 0 Å². The Morgan fingerprint density at radius 1 is 0.744 bits per heavy atom. The number of benzene rings is 1. The second-order valence-corrected chi connectivity index (χ2v) is 9.27. The summed E-state index contributed by atoms with van der Waals surface area (Å²) >= 11 is 0. The van der Waals surface area contributed by atoms with Gasteiger partial charge in [-0.1, -0.05) is 6.42 Å². The normalized spacial score (nSPS) is 21.5.